The van der Waals surface area contributed by atoms with E-state index in [2.05, 4.69) is 10.9 Å². The molecule has 2 aliphatic rings. The molecule has 1 fully saturated rings. The summed E-state index contributed by atoms with van der Waals surface area (Å²) in [6, 6.07) is 0. The molecule has 4 N–H and O–H groups in total. The maximum Gasteiger partial charge on any atom is 0.147 e. The molecule has 1 heterocycles. The Bertz CT molecular complexity index is 177. The predicted octanol–water partition coefficient (Wildman–Crippen LogP) is -0.353. The van der Waals surface area contributed by atoms with Crippen molar-refractivity contribution in [2.75, 3.05) is 6.61 Å². The Morgan fingerprint density at radius 1 is 1.64 bits per heavy atom. The molecule has 0 saturated heterocycles. The number of nitrogens with two attached hydrogens (primary N) is 1. The second kappa shape index (κ2) is 2.71. The van der Waals surface area contributed by atoms with Crippen LogP contribution in [0.2, 0.25) is 0 Å². The number of hydrogen-bond acceptors (Lipinski definition) is 4. The molecular weight excluding hydrogens is 142 g/mol. The van der Waals surface area contributed by atoms with E-state index in [9.17, 15) is 0 Å². The summed E-state index contributed by atoms with van der Waals surface area (Å²) in [4.78, 5) is 0. The van der Waals surface area contributed by atoms with Crippen LogP contribution in [0, 0.1) is 5.92 Å². The van der Waals surface area contributed by atoms with Crippen LogP contribution in [0.4, 0.5) is 0 Å². The molecule has 1 aliphatic heterocycles. The largest absolute Gasteiger partial charge is 0.385 e. The van der Waals surface area contributed by atoms with E-state index in [1.54, 1.807) is 0 Å². The van der Waals surface area contributed by atoms with Crippen molar-refractivity contribution in [3.8, 4) is 0 Å². The number of hydrogen-bond donors (Lipinski definition) is 3. The highest BCUT2D eigenvalue weighted by atomic mass is 16.5. The Balaban J connectivity index is 1.69. The van der Waals surface area contributed by atoms with Crippen molar-refractivity contribution in [2.24, 2.45) is 11.7 Å². The zero-order chi connectivity index (χ0) is 7.68. The average molecular weight is 155 g/mol. The number of ether oxygens (including phenoxy) is 1. The molecule has 2 rings (SSSR count). The minimum absolute atomic E-state index is 0.0319. The molecule has 0 aromatic carbocycles. The minimum atomic E-state index is -0.0319. The lowest BCUT2D eigenvalue weighted by Gasteiger charge is -2.08. The van der Waals surface area contributed by atoms with Crippen molar-refractivity contribution in [1.82, 2.24) is 10.9 Å². The molecule has 4 nitrogen and oxygen atoms in total. The van der Waals surface area contributed by atoms with Crippen LogP contribution in [0.25, 0.3) is 0 Å². The summed E-state index contributed by atoms with van der Waals surface area (Å²) in [6.45, 7) is 0.850. The highest BCUT2D eigenvalue weighted by molar-refractivity contribution is 5.02. The molecule has 4 heteroatoms. The standard InChI is InChI=1S/C7H13N3O/c8-6-3-7(10-9-6)11-4-5-1-2-5/h3,5,7,9-10H,1-2,4,8H2. The zero-order valence-corrected chi connectivity index (χ0v) is 6.34. The van der Waals surface area contributed by atoms with E-state index in [1.807, 2.05) is 6.08 Å². The van der Waals surface area contributed by atoms with E-state index in [1.165, 1.54) is 12.8 Å². The first-order valence-electron chi connectivity index (χ1n) is 3.95. The van der Waals surface area contributed by atoms with E-state index >= 15 is 0 Å². The first-order chi connectivity index (χ1) is 5.34. The van der Waals surface area contributed by atoms with Gasteiger partial charge in [0, 0.05) is 6.08 Å². The van der Waals surface area contributed by atoms with Crippen LogP contribution in [0.15, 0.2) is 11.9 Å². The Kier molecular flexibility index (Phi) is 1.71. The normalized spacial score (nSPS) is 29.8. The Hall–Kier alpha value is -0.740. The first kappa shape index (κ1) is 6.94. The zero-order valence-electron chi connectivity index (χ0n) is 6.34. The minimum Gasteiger partial charge on any atom is -0.385 e. The molecule has 1 atom stereocenters. The third kappa shape index (κ3) is 1.85. The molecule has 0 aromatic rings. The molecule has 0 bridgehead atoms. The third-order valence-corrected chi connectivity index (χ3v) is 1.90. The van der Waals surface area contributed by atoms with Crippen molar-refractivity contribution in [2.45, 2.75) is 19.1 Å². The molecular formula is C7H13N3O. The first-order valence-corrected chi connectivity index (χ1v) is 3.95. The molecule has 62 valence electrons. The fraction of sp³-hybridized carbons (Fsp3) is 0.714. The van der Waals surface area contributed by atoms with E-state index < -0.39 is 0 Å². The van der Waals surface area contributed by atoms with Crippen LogP contribution in [0.5, 0.6) is 0 Å². The van der Waals surface area contributed by atoms with Crippen molar-refractivity contribution >= 4 is 0 Å². The summed E-state index contributed by atoms with van der Waals surface area (Å²) >= 11 is 0. The quantitative estimate of drug-likeness (QED) is 0.521. The maximum absolute atomic E-state index is 5.47. The van der Waals surface area contributed by atoms with E-state index in [0.717, 1.165) is 12.5 Å². The lowest BCUT2D eigenvalue weighted by Crippen LogP contribution is -2.35. The molecule has 0 aromatic heterocycles. The van der Waals surface area contributed by atoms with Crippen LogP contribution < -0.4 is 16.6 Å². The van der Waals surface area contributed by atoms with Gasteiger partial charge in [-0.25, -0.2) is 5.43 Å². The number of rotatable bonds is 3. The van der Waals surface area contributed by atoms with Crippen LogP contribution >= 0.6 is 0 Å². The van der Waals surface area contributed by atoms with E-state index in [0.29, 0.717) is 5.82 Å². The highest BCUT2D eigenvalue weighted by Gasteiger charge is 2.23. The summed E-state index contributed by atoms with van der Waals surface area (Å²) < 4.78 is 5.47. The predicted molar refractivity (Wildman–Crippen MR) is 41.0 cm³/mol. The fourth-order valence-electron chi connectivity index (χ4n) is 1.01. The van der Waals surface area contributed by atoms with Gasteiger partial charge in [0.1, 0.15) is 12.0 Å². The van der Waals surface area contributed by atoms with Crippen LogP contribution in [0.3, 0.4) is 0 Å². The second-order valence-electron chi connectivity index (χ2n) is 3.09. The van der Waals surface area contributed by atoms with Crippen LogP contribution in [0.1, 0.15) is 12.8 Å². The SMILES string of the molecule is NC1=CC(OCC2CC2)NN1. The molecule has 11 heavy (non-hydrogen) atoms. The lowest BCUT2D eigenvalue weighted by atomic mass is 10.4. The van der Waals surface area contributed by atoms with E-state index in [4.69, 9.17) is 10.5 Å². The number of hydrazine groups is 1. The summed E-state index contributed by atoms with van der Waals surface area (Å²) in [5, 5.41) is 0. The molecule has 0 spiro atoms. The van der Waals surface area contributed by atoms with Crippen LogP contribution in [-0.4, -0.2) is 12.8 Å². The summed E-state index contributed by atoms with van der Waals surface area (Å²) in [5.74, 6) is 1.44. The van der Waals surface area contributed by atoms with Gasteiger partial charge in [-0.05, 0) is 18.8 Å². The van der Waals surface area contributed by atoms with E-state index in [-0.39, 0.29) is 6.23 Å². The van der Waals surface area contributed by atoms with Gasteiger partial charge < -0.3 is 15.9 Å². The molecule has 0 amide bonds. The highest BCUT2D eigenvalue weighted by Crippen LogP contribution is 2.29. The van der Waals surface area contributed by atoms with Crippen molar-refractivity contribution in [1.29, 1.82) is 0 Å². The topological polar surface area (TPSA) is 59.3 Å². The van der Waals surface area contributed by atoms with Gasteiger partial charge in [0.05, 0.1) is 6.61 Å². The maximum atomic E-state index is 5.47. The summed E-state index contributed by atoms with van der Waals surface area (Å²) in [7, 11) is 0. The van der Waals surface area contributed by atoms with Gasteiger partial charge in [0.15, 0.2) is 0 Å². The van der Waals surface area contributed by atoms with Crippen LogP contribution in [-0.2, 0) is 4.74 Å². The summed E-state index contributed by atoms with van der Waals surface area (Å²) in [5.41, 5.74) is 11.1. The molecule has 0 radical (unpaired) electrons. The molecule has 1 saturated carbocycles. The van der Waals surface area contributed by atoms with Crippen molar-refractivity contribution < 1.29 is 4.74 Å². The lowest BCUT2D eigenvalue weighted by molar-refractivity contribution is 0.0559. The fourth-order valence-corrected chi connectivity index (χ4v) is 1.01. The second-order valence-corrected chi connectivity index (χ2v) is 3.09. The van der Waals surface area contributed by atoms with Gasteiger partial charge in [0.25, 0.3) is 0 Å². The van der Waals surface area contributed by atoms with Gasteiger partial charge >= 0.3 is 0 Å². The van der Waals surface area contributed by atoms with Crippen molar-refractivity contribution in [3.63, 3.8) is 0 Å². The third-order valence-electron chi connectivity index (χ3n) is 1.90. The van der Waals surface area contributed by atoms with Gasteiger partial charge in [-0.15, -0.1) is 0 Å². The molecule has 1 unspecified atom stereocenters. The average Bonchev–Trinajstić information content (AvgIpc) is 2.72. The smallest absolute Gasteiger partial charge is 0.147 e. The monoisotopic (exact) mass is 155 g/mol. The Morgan fingerprint density at radius 3 is 3.00 bits per heavy atom. The van der Waals surface area contributed by atoms with Gasteiger partial charge in [-0.2, -0.15) is 0 Å². The van der Waals surface area contributed by atoms with Gasteiger partial charge in [0.2, 0.25) is 0 Å². The van der Waals surface area contributed by atoms with Gasteiger partial charge in [-0.3, -0.25) is 0 Å². The Morgan fingerprint density at radius 2 is 2.45 bits per heavy atom. The van der Waals surface area contributed by atoms with Crippen molar-refractivity contribution in [3.05, 3.63) is 11.9 Å². The molecule has 1 aliphatic carbocycles. The van der Waals surface area contributed by atoms with Gasteiger partial charge in [-0.1, -0.05) is 0 Å². The Labute approximate surface area is 65.8 Å². The summed E-state index contributed by atoms with van der Waals surface area (Å²) in [6.07, 6.45) is 4.44. The number of nitrogens with one attached hydrogen (secondary N) is 2.